The number of rotatable bonds is 7. The van der Waals surface area contributed by atoms with E-state index in [2.05, 4.69) is 20.6 Å². The second-order valence-electron chi connectivity index (χ2n) is 5.36. The minimum absolute atomic E-state index is 0.234. The molecule has 6 nitrogen and oxygen atoms in total. The van der Waals surface area contributed by atoms with Gasteiger partial charge in [0, 0.05) is 36.7 Å². The fourth-order valence-corrected chi connectivity index (χ4v) is 2.29. The molecule has 0 saturated carbocycles. The van der Waals surface area contributed by atoms with Crippen LogP contribution < -0.4 is 10.6 Å². The summed E-state index contributed by atoms with van der Waals surface area (Å²) in [6, 6.07) is 7.20. The quantitative estimate of drug-likeness (QED) is 0.751. The Bertz CT molecular complexity index is 722. The number of nitrogens with one attached hydrogen (secondary N) is 2. The number of hydrogen-bond donors (Lipinski definition) is 2. The second kappa shape index (κ2) is 8.61. The van der Waals surface area contributed by atoms with Crippen LogP contribution in [0.2, 0.25) is 5.02 Å². The fourth-order valence-electron chi connectivity index (χ4n) is 2.11. The predicted molar refractivity (Wildman–Crippen MR) is 95.1 cm³/mol. The molecule has 2 rings (SSSR count). The van der Waals surface area contributed by atoms with Crippen LogP contribution in [0.1, 0.15) is 28.2 Å². The third-order valence-corrected chi connectivity index (χ3v) is 3.82. The van der Waals surface area contributed by atoms with Crippen molar-refractivity contribution in [3.8, 4) is 0 Å². The molecule has 7 heteroatoms. The zero-order valence-electron chi connectivity index (χ0n) is 14.0. The molecule has 0 aliphatic heterocycles. The maximum Gasteiger partial charge on any atom is 0.270 e. The van der Waals surface area contributed by atoms with Crippen molar-refractivity contribution in [1.82, 2.24) is 15.3 Å². The molecule has 128 valence electrons. The lowest BCUT2D eigenvalue weighted by atomic mass is 10.2. The highest BCUT2D eigenvalue weighted by Crippen LogP contribution is 2.25. The largest absolute Gasteiger partial charge is 0.385 e. The lowest BCUT2D eigenvalue weighted by Crippen LogP contribution is -2.26. The van der Waals surface area contributed by atoms with E-state index in [4.69, 9.17) is 16.3 Å². The summed E-state index contributed by atoms with van der Waals surface area (Å²) in [7, 11) is 1.63. The summed E-state index contributed by atoms with van der Waals surface area (Å²) >= 11 is 6.12. The fraction of sp³-hybridized carbons (Fsp3) is 0.353. The monoisotopic (exact) mass is 348 g/mol. The highest BCUT2D eigenvalue weighted by molar-refractivity contribution is 6.31. The van der Waals surface area contributed by atoms with Crippen LogP contribution in [-0.4, -0.2) is 36.1 Å². The number of carbonyl (C=O) groups is 1. The highest BCUT2D eigenvalue weighted by atomic mass is 35.5. The number of amides is 1. The average Bonchev–Trinajstić information content (AvgIpc) is 2.55. The number of benzene rings is 1. The smallest absolute Gasteiger partial charge is 0.270 e. The standard InChI is InChI=1S/C17H21ClN4O2/c1-11-10-15(16(23)19-8-5-9-24-3)22-17(20-11)21-14-7-4-6-13(18)12(14)2/h4,6-7,10H,5,8-9H2,1-3H3,(H,19,23)(H,20,21,22). The van der Waals surface area contributed by atoms with Gasteiger partial charge < -0.3 is 15.4 Å². The van der Waals surface area contributed by atoms with Gasteiger partial charge in [0.05, 0.1) is 0 Å². The number of nitrogens with zero attached hydrogens (tertiary/aromatic N) is 2. The molecule has 1 aromatic carbocycles. The van der Waals surface area contributed by atoms with Crippen LogP contribution >= 0.6 is 11.6 Å². The van der Waals surface area contributed by atoms with E-state index in [-0.39, 0.29) is 5.91 Å². The van der Waals surface area contributed by atoms with E-state index < -0.39 is 0 Å². The van der Waals surface area contributed by atoms with Crippen LogP contribution in [0.4, 0.5) is 11.6 Å². The van der Waals surface area contributed by atoms with Crippen molar-refractivity contribution in [3.05, 3.63) is 46.2 Å². The molecule has 1 heterocycles. The number of anilines is 2. The van der Waals surface area contributed by atoms with Gasteiger partial charge in [-0.25, -0.2) is 9.97 Å². The predicted octanol–water partition coefficient (Wildman–Crippen LogP) is 3.26. The lowest BCUT2D eigenvalue weighted by molar-refractivity contribution is 0.0943. The molecule has 0 unspecified atom stereocenters. The van der Waals surface area contributed by atoms with Crippen molar-refractivity contribution >= 4 is 29.1 Å². The summed E-state index contributed by atoms with van der Waals surface area (Å²) in [6.45, 7) is 4.86. The summed E-state index contributed by atoms with van der Waals surface area (Å²) in [6.07, 6.45) is 0.749. The normalized spacial score (nSPS) is 10.5. The zero-order chi connectivity index (χ0) is 17.5. The highest BCUT2D eigenvalue weighted by Gasteiger charge is 2.11. The molecule has 0 bridgehead atoms. The molecule has 1 aromatic heterocycles. The summed E-state index contributed by atoms with van der Waals surface area (Å²) in [5.41, 5.74) is 2.73. The third-order valence-electron chi connectivity index (χ3n) is 3.41. The minimum atomic E-state index is -0.234. The van der Waals surface area contributed by atoms with Crippen molar-refractivity contribution in [2.24, 2.45) is 0 Å². The molecule has 2 N–H and O–H groups in total. The first-order chi connectivity index (χ1) is 11.5. The van der Waals surface area contributed by atoms with Gasteiger partial charge in [0.2, 0.25) is 5.95 Å². The van der Waals surface area contributed by atoms with Crippen LogP contribution in [0.25, 0.3) is 0 Å². The van der Waals surface area contributed by atoms with Gasteiger partial charge in [-0.2, -0.15) is 0 Å². The Morgan fingerprint density at radius 2 is 2.08 bits per heavy atom. The summed E-state index contributed by atoms with van der Waals surface area (Å²) in [4.78, 5) is 20.8. The zero-order valence-corrected chi connectivity index (χ0v) is 14.8. The van der Waals surface area contributed by atoms with Crippen LogP contribution in [0.5, 0.6) is 0 Å². The van der Waals surface area contributed by atoms with Gasteiger partial charge in [-0.05, 0) is 44.0 Å². The molecule has 0 atom stereocenters. The van der Waals surface area contributed by atoms with E-state index in [0.717, 1.165) is 17.7 Å². The SMILES string of the molecule is COCCCNC(=O)c1cc(C)nc(Nc2cccc(Cl)c2C)n1. The number of ether oxygens (including phenoxy) is 1. The number of halogens is 1. The summed E-state index contributed by atoms with van der Waals surface area (Å²) < 4.78 is 4.96. The number of hydrogen-bond acceptors (Lipinski definition) is 5. The maximum absolute atomic E-state index is 12.2. The molecule has 24 heavy (non-hydrogen) atoms. The Morgan fingerprint density at radius 1 is 1.29 bits per heavy atom. The molecule has 1 amide bonds. The minimum Gasteiger partial charge on any atom is -0.385 e. The number of carbonyl (C=O) groups excluding carboxylic acids is 1. The van der Waals surface area contributed by atoms with Gasteiger partial charge in [-0.15, -0.1) is 0 Å². The topological polar surface area (TPSA) is 76.1 Å². The molecule has 2 aromatic rings. The van der Waals surface area contributed by atoms with E-state index in [0.29, 0.717) is 35.5 Å². The van der Waals surface area contributed by atoms with E-state index in [1.54, 1.807) is 13.2 Å². The summed E-state index contributed by atoms with van der Waals surface area (Å²) in [5, 5.41) is 6.59. The van der Waals surface area contributed by atoms with Gasteiger partial charge >= 0.3 is 0 Å². The van der Waals surface area contributed by atoms with Gasteiger partial charge in [-0.3, -0.25) is 4.79 Å². The van der Waals surface area contributed by atoms with Gasteiger partial charge in [0.15, 0.2) is 0 Å². The van der Waals surface area contributed by atoms with E-state index in [1.807, 2.05) is 32.0 Å². The number of aromatic nitrogens is 2. The second-order valence-corrected chi connectivity index (χ2v) is 5.77. The number of methoxy groups -OCH3 is 1. The Labute approximate surface area is 146 Å². The van der Waals surface area contributed by atoms with Gasteiger partial charge in [0.1, 0.15) is 5.69 Å². The Hall–Kier alpha value is -2.18. The van der Waals surface area contributed by atoms with E-state index in [9.17, 15) is 4.79 Å². The van der Waals surface area contributed by atoms with Gasteiger partial charge in [0.25, 0.3) is 5.91 Å². The molecule has 0 spiro atoms. The number of aryl methyl sites for hydroxylation is 1. The Balaban J connectivity index is 2.13. The maximum atomic E-state index is 12.2. The van der Waals surface area contributed by atoms with Gasteiger partial charge in [-0.1, -0.05) is 17.7 Å². The molecular weight excluding hydrogens is 328 g/mol. The van der Waals surface area contributed by atoms with Crippen molar-refractivity contribution in [3.63, 3.8) is 0 Å². The first-order valence-electron chi connectivity index (χ1n) is 7.66. The molecular formula is C17H21ClN4O2. The average molecular weight is 349 g/mol. The van der Waals surface area contributed by atoms with Crippen LogP contribution in [0, 0.1) is 13.8 Å². The van der Waals surface area contributed by atoms with Crippen molar-refractivity contribution in [1.29, 1.82) is 0 Å². The van der Waals surface area contributed by atoms with Crippen molar-refractivity contribution in [2.75, 3.05) is 25.6 Å². The molecule has 0 fully saturated rings. The van der Waals surface area contributed by atoms with Crippen LogP contribution in [-0.2, 0) is 4.74 Å². The third kappa shape index (κ3) is 4.91. The lowest BCUT2D eigenvalue weighted by Gasteiger charge is -2.11. The van der Waals surface area contributed by atoms with E-state index in [1.165, 1.54) is 0 Å². The van der Waals surface area contributed by atoms with E-state index >= 15 is 0 Å². The molecule has 0 radical (unpaired) electrons. The Kier molecular flexibility index (Phi) is 6.52. The molecule has 0 aliphatic rings. The van der Waals surface area contributed by atoms with Crippen LogP contribution in [0.3, 0.4) is 0 Å². The van der Waals surface area contributed by atoms with Crippen molar-refractivity contribution < 1.29 is 9.53 Å². The van der Waals surface area contributed by atoms with Crippen LogP contribution in [0.15, 0.2) is 24.3 Å². The van der Waals surface area contributed by atoms with Crippen molar-refractivity contribution in [2.45, 2.75) is 20.3 Å². The molecule has 0 saturated heterocycles. The summed E-state index contributed by atoms with van der Waals surface area (Å²) in [5.74, 6) is 0.130. The first-order valence-corrected chi connectivity index (χ1v) is 8.04. The Morgan fingerprint density at radius 3 is 2.83 bits per heavy atom. The first kappa shape index (κ1) is 18.2. The molecule has 0 aliphatic carbocycles.